The van der Waals surface area contributed by atoms with E-state index in [-0.39, 0.29) is 5.41 Å². The highest BCUT2D eigenvalue weighted by molar-refractivity contribution is 7.24. The van der Waals surface area contributed by atoms with Gasteiger partial charge < -0.3 is 4.90 Å². The van der Waals surface area contributed by atoms with Gasteiger partial charge in [0.05, 0.1) is 16.8 Å². The van der Waals surface area contributed by atoms with Crippen molar-refractivity contribution in [3.05, 3.63) is 234 Å². The Bertz CT molecular complexity index is 3100. The van der Waals surface area contributed by atoms with Crippen LogP contribution in [0.2, 0.25) is 0 Å². The SMILES string of the molecule is CC1(C)c2ccccc2C2(c3ccccc3N(c3ccc4c(c3)[Si]3(c5ccccc5-c5ccccc53)c3cc5ccccc5cc3-4)c3ccccc32)c2ccccc21. The van der Waals surface area contributed by atoms with Crippen molar-refractivity contribution in [3.63, 3.8) is 0 Å². The Morgan fingerprint density at radius 2 is 0.776 bits per heavy atom. The first-order valence-electron chi connectivity index (χ1n) is 20.6. The fourth-order valence-corrected chi connectivity index (χ4v) is 17.7. The first-order valence-corrected chi connectivity index (χ1v) is 22.6. The largest absolute Gasteiger partial charge is 0.310 e. The smallest absolute Gasteiger partial charge is 0.182 e. The van der Waals surface area contributed by atoms with Crippen LogP contribution in [0.1, 0.15) is 47.2 Å². The summed E-state index contributed by atoms with van der Waals surface area (Å²) >= 11 is 0. The highest BCUT2D eigenvalue weighted by Crippen LogP contribution is 2.62. The van der Waals surface area contributed by atoms with Gasteiger partial charge in [0.2, 0.25) is 0 Å². The van der Waals surface area contributed by atoms with Crippen molar-refractivity contribution in [3.8, 4) is 22.3 Å². The van der Waals surface area contributed by atoms with Gasteiger partial charge in [0.1, 0.15) is 0 Å². The molecule has 58 heavy (non-hydrogen) atoms. The Kier molecular flexibility index (Phi) is 6.26. The van der Waals surface area contributed by atoms with Crippen LogP contribution in [-0.2, 0) is 10.8 Å². The number of benzene rings is 9. The van der Waals surface area contributed by atoms with Crippen LogP contribution in [0.5, 0.6) is 0 Å². The molecule has 2 spiro atoms. The summed E-state index contributed by atoms with van der Waals surface area (Å²) in [7, 11) is -2.72. The summed E-state index contributed by atoms with van der Waals surface area (Å²) in [4.78, 5) is 2.58. The highest BCUT2D eigenvalue weighted by atomic mass is 28.3. The fourth-order valence-electron chi connectivity index (χ4n) is 12.1. The number of nitrogens with zero attached hydrogens (tertiary/aromatic N) is 1. The van der Waals surface area contributed by atoms with Crippen molar-refractivity contribution in [1.82, 2.24) is 0 Å². The summed E-state index contributed by atoms with van der Waals surface area (Å²) in [6.45, 7) is 4.80. The molecule has 3 aliphatic heterocycles. The predicted molar refractivity (Wildman–Crippen MR) is 244 cm³/mol. The molecule has 0 amide bonds. The molecule has 0 atom stereocenters. The van der Waals surface area contributed by atoms with E-state index in [4.69, 9.17) is 0 Å². The van der Waals surface area contributed by atoms with Gasteiger partial charge in [-0.05, 0) is 117 Å². The molecule has 0 radical (unpaired) electrons. The molecule has 13 rings (SSSR count). The summed E-state index contributed by atoms with van der Waals surface area (Å²) < 4.78 is 0. The van der Waals surface area contributed by atoms with Crippen LogP contribution in [0.3, 0.4) is 0 Å². The molecule has 3 heterocycles. The van der Waals surface area contributed by atoms with Gasteiger partial charge >= 0.3 is 0 Å². The van der Waals surface area contributed by atoms with Crippen LogP contribution >= 0.6 is 0 Å². The second kappa shape index (κ2) is 11.2. The van der Waals surface area contributed by atoms with Gasteiger partial charge in [-0.3, -0.25) is 0 Å². The molecule has 0 saturated heterocycles. The molecule has 0 saturated carbocycles. The van der Waals surface area contributed by atoms with Crippen molar-refractivity contribution >= 4 is 56.7 Å². The van der Waals surface area contributed by atoms with E-state index in [9.17, 15) is 0 Å². The van der Waals surface area contributed by atoms with Gasteiger partial charge in [-0.15, -0.1) is 0 Å². The molecule has 0 unspecified atom stereocenters. The van der Waals surface area contributed by atoms with E-state index in [1.54, 1.807) is 0 Å². The normalized spacial score (nSPS) is 16.1. The summed E-state index contributed by atoms with van der Waals surface area (Å²) in [5, 5.41) is 8.59. The zero-order valence-corrected chi connectivity index (χ0v) is 33.5. The van der Waals surface area contributed by atoms with Crippen molar-refractivity contribution in [2.45, 2.75) is 24.7 Å². The quantitative estimate of drug-likeness (QED) is 0.151. The Balaban J connectivity index is 1.12. The van der Waals surface area contributed by atoms with Gasteiger partial charge in [0, 0.05) is 11.1 Å². The zero-order chi connectivity index (χ0) is 38.4. The summed E-state index contributed by atoms with van der Waals surface area (Å²) in [5.74, 6) is 0. The van der Waals surface area contributed by atoms with E-state index in [1.807, 2.05) is 0 Å². The molecule has 0 fully saturated rings. The number of hydrogen-bond acceptors (Lipinski definition) is 1. The fraction of sp³-hybridized carbons (Fsp3) is 0.0714. The molecule has 0 aromatic heterocycles. The minimum absolute atomic E-state index is 0.147. The lowest BCUT2D eigenvalue weighted by Crippen LogP contribution is -2.70. The van der Waals surface area contributed by atoms with Crippen molar-refractivity contribution in [2.24, 2.45) is 0 Å². The Morgan fingerprint density at radius 1 is 0.345 bits per heavy atom. The molecule has 1 aliphatic carbocycles. The molecule has 0 N–H and O–H groups in total. The van der Waals surface area contributed by atoms with Crippen LogP contribution in [-0.4, -0.2) is 8.07 Å². The Labute approximate surface area is 340 Å². The van der Waals surface area contributed by atoms with E-state index in [0.29, 0.717) is 0 Å². The molecular formula is C56H39NSi. The van der Waals surface area contributed by atoms with Gasteiger partial charge in [-0.1, -0.05) is 184 Å². The van der Waals surface area contributed by atoms with Crippen LogP contribution in [0.15, 0.2) is 200 Å². The number of para-hydroxylation sites is 2. The molecule has 1 nitrogen and oxygen atoms in total. The molecule has 9 aromatic rings. The molecule has 9 aromatic carbocycles. The van der Waals surface area contributed by atoms with E-state index in [1.165, 1.54) is 104 Å². The summed E-state index contributed by atoms with van der Waals surface area (Å²) in [5.41, 5.74) is 16.7. The van der Waals surface area contributed by atoms with E-state index >= 15 is 0 Å². The highest BCUT2D eigenvalue weighted by Gasteiger charge is 2.56. The topological polar surface area (TPSA) is 3.24 Å². The summed E-state index contributed by atoms with van der Waals surface area (Å²) in [6.07, 6.45) is 0. The molecular weight excluding hydrogens is 715 g/mol. The van der Waals surface area contributed by atoms with Gasteiger partial charge in [0.15, 0.2) is 8.07 Å². The third-order valence-corrected chi connectivity index (χ3v) is 19.2. The lowest BCUT2D eigenvalue weighted by molar-refractivity contribution is 0.556. The van der Waals surface area contributed by atoms with Crippen LogP contribution < -0.4 is 25.6 Å². The number of fused-ring (bicyclic) bond motifs is 19. The number of rotatable bonds is 1. The van der Waals surface area contributed by atoms with Crippen molar-refractivity contribution in [1.29, 1.82) is 0 Å². The monoisotopic (exact) mass is 753 g/mol. The second-order valence-electron chi connectivity index (χ2n) is 17.2. The lowest BCUT2D eigenvalue weighted by atomic mass is 9.53. The molecule has 272 valence electrons. The van der Waals surface area contributed by atoms with Crippen LogP contribution in [0.4, 0.5) is 17.1 Å². The van der Waals surface area contributed by atoms with Crippen LogP contribution in [0, 0.1) is 0 Å². The third-order valence-electron chi connectivity index (χ3n) is 14.3. The van der Waals surface area contributed by atoms with Gasteiger partial charge in [-0.25, -0.2) is 0 Å². The zero-order valence-electron chi connectivity index (χ0n) is 32.5. The molecule has 2 heteroatoms. The Morgan fingerprint density at radius 3 is 1.36 bits per heavy atom. The molecule has 4 aliphatic rings. The first-order chi connectivity index (χ1) is 28.5. The Hall–Kier alpha value is -6.74. The number of anilines is 3. The van der Waals surface area contributed by atoms with Crippen molar-refractivity contribution < 1.29 is 0 Å². The average molecular weight is 754 g/mol. The number of hydrogen-bond donors (Lipinski definition) is 0. The third kappa shape index (κ3) is 3.73. The second-order valence-corrected chi connectivity index (χ2v) is 20.8. The lowest BCUT2D eigenvalue weighted by Gasteiger charge is -2.52. The maximum absolute atomic E-state index is 2.72. The van der Waals surface area contributed by atoms with E-state index in [0.717, 1.165) is 0 Å². The van der Waals surface area contributed by atoms with E-state index < -0.39 is 13.5 Å². The maximum Gasteiger partial charge on any atom is 0.182 e. The maximum atomic E-state index is 2.60. The van der Waals surface area contributed by atoms with Crippen molar-refractivity contribution in [2.75, 3.05) is 4.90 Å². The molecule has 0 bridgehead atoms. The average Bonchev–Trinajstić information content (AvgIpc) is 3.73. The van der Waals surface area contributed by atoms with Gasteiger partial charge in [0.25, 0.3) is 0 Å². The summed E-state index contributed by atoms with van der Waals surface area (Å²) in [6, 6.07) is 76.9. The minimum Gasteiger partial charge on any atom is -0.310 e. The first kappa shape index (κ1) is 32.4. The van der Waals surface area contributed by atoms with E-state index in [2.05, 4.69) is 219 Å². The minimum atomic E-state index is -2.72. The van der Waals surface area contributed by atoms with Gasteiger partial charge in [-0.2, -0.15) is 0 Å². The van der Waals surface area contributed by atoms with Crippen LogP contribution in [0.25, 0.3) is 33.0 Å². The predicted octanol–water partition coefficient (Wildman–Crippen LogP) is 11.0. The standard InChI is InChI=1S/C56H39NSi/c1-55(2)43-21-7-9-23-45(43)56(46-24-10-8-22-44(46)55)47-25-11-13-27-49(47)57(50-28-14-12-26-48(50)56)38-31-32-41-42-33-36-17-3-4-18-37(36)34-53(42)58(54(41)35-38)51-29-15-5-19-39(51)40-20-6-16-30-52(40)58/h3-35H,1-2H3.